The van der Waals surface area contributed by atoms with Gasteiger partial charge in [-0.25, -0.2) is 4.79 Å². The Kier molecular flexibility index (Phi) is 7.45. The molecule has 3 heterocycles. The van der Waals surface area contributed by atoms with Gasteiger partial charge in [-0.05, 0) is 18.1 Å². The van der Waals surface area contributed by atoms with Gasteiger partial charge in [-0.1, -0.05) is 72.4 Å². The lowest BCUT2D eigenvalue weighted by Crippen LogP contribution is -2.15. The second kappa shape index (κ2) is 11.1. The number of thiazole rings is 1. The van der Waals surface area contributed by atoms with Gasteiger partial charge in [0, 0.05) is 28.5 Å². The summed E-state index contributed by atoms with van der Waals surface area (Å²) in [5.74, 6) is -0.106. The number of hydrogen-bond donors (Lipinski definition) is 1. The van der Waals surface area contributed by atoms with Gasteiger partial charge < -0.3 is 10.1 Å². The van der Waals surface area contributed by atoms with Crippen molar-refractivity contribution in [2.24, 2.45) is 0 Å². The Morgan fingerprint density at radius 2 is 1.69 bits per heavy atom. The van der Waals surface area contributed by atoms with Crippen LogP contribution in [0.15, 0.2) is 76.6 Å². The van der Waals surface area contributed by atoms with Crippen molar-refractivity contribution in [3.8, 4) is 22.4 Å². The van der Waals surface area contributed by atoms with Crippen LogP contribution in [-0.4, -0.2) is 38.8 Å². The number of anilines is 1. The van der Waals surface area contributed by atoms with Gasteiger partial charge in [0.15, 0.2) is 5.16 Å². The molecule has 0 saturated heterocycles. The lowest BCUT2D eigenvalue weighted by Gasteiger charge is -2.09. The number of ether oxygens (including phenoxy) is 1. The molecule has 0 aliphatic rings. The second-order valence-corrected chi connectivity index (χ2v) is 10.5. The van der Waals surface area contributed by atoms with Gasteiger partial charge >= 0.3 is 5.97 Å². The Morgan fingerprint density at radius 1 is 0.972 bits per heavy atom. The van der Waals surface area contributed by atoms with E-state index in [0.29, 0.717) is 16.3 Å². The van der Waals surface area contributed by atoms with Crippen molar-refractivity contribution >= 4 is 56.3 Å². The maximum absolute atomic E-state index is 12.8. The van der Waals surface area contributed by atoms with Gasteiger partial charge in [0.25, 0.3) is 0 Å². The summed E-state index contributed by atoms with van der Waals surface area (Å²) in [5.41, 5.74) is 4.15. The zero-order valence-electron chi connectivity index (χ0n) is 19.3. The van der Waals surface area contributed by atoms with Crippen LogP contribution >= 0.6 is 34.4 Å². The van der Waals surface area contributed by atoms with Crippen LogP contribution in [0, 0.1) is 0 Å². The molecule has 182 valence electrons. The molecule has 0 radical (unpaired) electrons. The van der Waals surface area contributed by atoms with Gasteiger partial charge in [-0.15, -0.1) is 32.9 Å². The maximum Gasteiger partial charge on any atom is 0.341 e. The van der Waals surface area contributed by atoms with Crippen LogP contribution in [0.25, 0.3) is 27.3 Å². The van der Waals surface area contributed by atoms with Crippen LogP contribution in [0.1, 0.15) is 23.7 Å². The topological polar surface area (TPSA) is 85.6 Å². The molecule has 3 aromatic heterocycles. The fourth-order valence-electron chi connectivity index (χ4n) is 3.71. The van der Waals surface area contributed by atoms with Crippen molar-refractivity contribution in [3.63, 3.8) is 0 Å². The van der Waals surface area contributed by atoms with E-state index in [2.05, 4.69) is 33.0 Å². The Morgan fingerprint density at radius 3 is 2.42 bits per heavy atom. The van der Waals surface area contributed by atoms with Gasteiger partial charge in [-0.2, -0.15) is 0 Å². The average molecular weight is 535 g/mol. The van der Waals surface area contributed by atoms with E-state index in [1.54, 1.807) is 6.92 Å². The van der Waals surface area contributed by atoms with Crippen molar-refractivity contribution in [1.82, 2.24) is 14.6 Å². The average Bonchev–Trinajstić information content (AvgIpc) is 3.61. The normalized spacial score (nSPS) is 11.0. The molecule has 0 aliphatic carbocycles. The highest BCUT2D eigenvalue weighted by Crippen LogP contribution is 2.36. The van der Waals surface area contributed by atoms with E-state index >= 15 is 0 Å². The summed E-state index contributed by atoms with van der Waals surface area (Å²) >= 11 is 4.33. The van der Waals surface area contributed by atoms with Crippen molar-refractivity contribution in [2.75, 3.05) is 17.7 Å². The number of amides is 1. The number of thioether (sulfide) groups is 1. The number of nitrogens with one attached hydrogen (secondary N) is 1. The Balaban J connectivity index is 1.28. The fourth-order valence-corrected chi connectivity index (χ4v) is 6.46. The largest absolute Gasteiger partial charge is 0.462 e. The number of esters is 1. The molecule has 0 aliphatic heterocycles. The summed E-state index contributed by atoms with van der Waals surface area (Å²) in [7, 11) is 0. The smallest absolute Gasteiger partial charge is 0.341 e. The first-order valence-corrected chi connectivity index (χ1v) is 14.0. The third-order valence-electron chi connectivity index (χ3n) is 5.36. The molecule has 1 N–H and O–H groups in total. The Bertz CT molecular complexity index is 1490. The summed E-state index contributed by atoms with van der Waals surface area (Å²) in [4.78, 5) is 26.4. The molecule has 0 unspecified atom stereocenters. The van der Waals surface area contributed by atoms with Crippen LogP contribution in [0.2, 0.25) is 0 Å². The maximum atomic E-state index is 12.8. The van der Waals surface area contributed by atoms with Crippen molar-refractivity contribution in [3.05, 3.63) is 77.0 Å². The van der Waals surface area contributed by atoms with Crippen molar-refractivity contribution in [2.45, 2.75) is 18.5 Å². The van der Waals surface area contributed by atoms with Crippen LogP contribution in [0.3, 0.4) is 0 Å². The molecule has 5 rings (SSSR count). The molecule has 1 amide bonds. The first kappa shape index (κ1) is 24.2. The Hall–Kier alpha value is -3.47. The van der Waals surface area contributed by atoms with Gasteiger partial charge in [0.1, 0.15) is 10.6 Å². The molecule has 2 aromatic carbocycles. The van der Waals surface area contributed by atoms with E-state index in [9.17, 15) is 9.59 Å². The van der Waals surface area contributed by atoms with Crippen LogP contribution < -0.4 is 5.32 Å². The minimum Gasteiger partial charge on any atom is -0.462 e. The first-order chi connectivity index (χ1) is 17.7. The summed E-state index contributed by atoms with van der Waals surface area (Å²) in [6, 6.07) is 19.7. The quantitative estimate of drug-likeness (QED) is 0.172. The standard InChI is InChI=1S/C26H22N4O3S3/c1-2-33-24(32)22-19(17-9-5-3-6-10-17)15-35-23(22)27-21(31)13-14-34-25-28-29-26-30(25)20(16-36-26)18-11-7-4-8-12-18/h3-12,15-16H,2,13-14H2,1H3,(H,27,31). The van der Waals surface area contributed by atoms with Gasteiger partial charge in [0.05, 0.1) is 12.3 Å². The number of carbonyl (C=O) groups excluding carboxylic acids is 2. The molecule has 0 spiro atoms. The van der Waals surface area contributed by atoms with Crippen molar-refractivity contribution in [1.29, 1.82) is 0 Å². The number of thiophene rings is 1. The van der Waals surface area contributed by atoms with Crippen LogP contribution in [-0.2, 0) is 9.53 Å². The lowest BCUT2D eigenvalue weighted by molar-refractivity contribution is -0.115. The monoisotopic (exact) mass is 534 g/mol. The summed E-state index contributed by atoms with van der Waals surface area (Å²) in [6.07, 6.45) is 0.255. The summed E-state index contributed by atoms with van der Waals surface area (Å²) in [5, 5.41) is 16.7. The molecule has 10 heteroatoms. The predicted octanol–water partition coefficient (Wildman–Crippen LogP) is 6.48. The molecule has 5 aromatic rings. The van der Waals surface area contributed by atoms with Gasteiger partial charge in [0.2, 0.25) is 10.9 Å². The molecule has 0 fully saturated rings. The molecule has 0 saturated carbocycles. The molecule has 0 bridgehead atoms. The first-order valence-electron chi connectivity index (χ1n) is 11.3. The number of nitrogens with zero attached hydrogens (tertiary/aromatic N) is 3. The zero-order chi connectivity index (χ0) is 24.9. The predicted molar refractivity (Wildman–Crippen MR) is 146 cm³/mol. The van der Waals surface area contributed by atoms with Crippen molar-refractivity contribution < 1.29 is 14.3 Å². The van der Waals surface area contributed by atoms with E-state index in [4.69, 9.17) is 4.74 Å². The van der Waals surface area contributed by atoms with E-state index in [0.717, 1.165) is 32.5 Å². The van der Waals surface area contributed by atoms with Gasteiger partial charge in [-0.3, -0.25) is 9.20 Å². The third-order valence-corrected chi connectivity index (χ3v) is 8.00. The minimum absolute atomic E-state index is 0.177. The lowest BCUT2D eigenvalue weighted by atomic mass is 10.0. The zero-order valence-corrected chi connectivity index (χ0v) is 21.8. The number of fused-ring (bicyclic) bond motifs is 1. The summed E-state index contributed by atoms with van der Waals surface area (Å²) < 4.78 is 7.30. The number of rotatable bonds is 9. The van der Waals surface area contributed by atoms with E-state index in [-0.39, 0.29) is 18.9 Å². The third kappa shape index (κ3) is 5.06. The van der Waals surface area contributed by atoms with E-state index in [1.165, 1.54) is 34.4 Å². The number of carbonyl (C=O) groups is 2. The minimum atomic E-state index is -0.445. The molecule has 7 nitrogen and oxygen atoms in total. The highest BCUT2D eigenvalue weighted by atomic mass is 32.2. The molecular weight excluding hydrogens is 513 g/mol. The van der Waals surface area contributed by atoms with Crippen LogP contribution in [0.4, 0.5) is 5.00 Å². The SMILES string of the molecule is CCOC(=O)c1c(-c2ccccc2)csc1NC(=O)CCSc1nnc2scc(-c3ccccc3)n12. The Labute approximate surface area is 220 Å². The number of benzene rings is 2. The molecular formula is C26H22N4O3S3. The number of hydrogen-bond acceptors (Lipinski definition) is 8. The molecule has 36 heavy (non-hydrogen) atoms. The van der Waals surface area contributed by atoms with Crippen LogP contribution in [0.5, 0.6) is 0 Å². The van der Waals surface area contributed by atoms with E-state index in [1.807, 2.05) is 58.3 Å². The number of aromatic nitrogens is 3. The highest BCUT2D eigenvalue weighted by molar-refractivity contribution is 7.99. The second-order valence-electron chi connectivity index (χ2n) is 7.67. The fraction of sp³-hybridized carbons (Fsp3) is 0.154. The molecule has 0 atom stereocenters. The summed E-state index contributed by atoms with van der Waals surface area (Å²) in [6.45, 7) is 2.02. The van der Waals surface area contributed by atoms with E-state index < -0.39 is 5.97 Å². The highest BCUT2D eigenvalue weighted by Gasteiger charge is 2.23.